The van der Waals surface area contributed by atoms with E-state index < -0.39 is 78.6 Å². The van der Waals surface area contributed by atoms with Gasteiger partial charge in [0.15, 0.2) is 0 Å². The largest absolute Gasteiger partial charge is 0.310 e. The van der Waals surface area contributed by atoms with Crippen LogP contribution in [-0.2, 0) is 10.8 Å². The van der Waals surface area contributed by atoms with Crippen molar-refractivity contribution in [2.75, 3.05) is 4.90 Å². The molecule has 0 radical (unpaired) electrons. The Morgan fingerprint density at radius 2 is 0.887 bits per heavy atom. The number of hydrogen-bond donors (Lipinski definition) is 0. The van der Waals surface area contributed by atoms with Crippen LogP contribution in [-0.4, -0.2) is 20.2 Å². The van der Waals surface area contributed by atoms with Crippen LogP contribution in [0.2, 0.25) is 0 Å². The van der Waals surface area contributed by atoms with Crippen molar-refractivity contribution in [3.63, 3.8) is 0 Å². The van der Waals surface area contributed by atoms with Gasteiger partial charge in [0, 0.05) is 76.8 Å². The van der Waals surface area contributed by atoms with Crippen LogP contribution < -0.4 is 21.3 Å². The first-order valence-electron chi connectivity index (χ1n) is 39.7. The van der Waals surface area contributed by atoms with E-state index in [1.54, 1.807) is 4.57 Å². The summed E-state index contributed by atoms with van der Waals surface area (Å²) in [4.78, 5) is 2.43. The van der Waals surface area contributed by atoms with Crippen LogP contribution in [0, 0.1) is 0 Å². The van der Waals surface area contributed by atoms with Gasteiger partial charge in [-0.25, -0.2) is 0 Å². The molecule has 0 atom stereocenters. The molecule has 0 aliphatic carbocycles. The topological polar surface area (TPSA) is 17.5 Å². The highest BCUT2D eigenvalue weighted by Gasteiger charge is 2.46. The summed E-state index contributed by atoms with van der Waals surface area (Å²) in [7, 11) is 0. The lowest BCUT2D eigenvalue weighted by atomic mass is 9.33. The maximum Gasteiger partial charge on any atom is 0.252 e. The van der Waals surface area contributed by atoms with Gasteiger partial charge in [-0.05, 0) is 149 Å². The predicted molar refractivity (Wildman–Crippen MR) is 415 cm³/mol. The third kappa shape index (κ3) is 8.00. The average molecular weight is 1250 g/mol. The molecule has 97 heavy (non-hydrogen) atoms. The smallest absolute Gasteiger partial charge is 0.252 e. The van der Waals surface area contributed by atoms with Gasteiger partial charge in [0.2, 0.25) is 0 Å². The number of fused-ring (bicyclic) bond motifs is 21. The van der Waals surface area contributed by atoms with Crippen LogP contribution in [0.3, 0.4) is 0 Å². The van der Waals surface area contributed by atoms with E-state index in [1.165, 1.54) is 0 Å². The number of nitrogens with zero attached hydrogens (tertiary/aromatic N) is 4. The molecule has 0 saturated heterocycles. The molecule has 0 bridgehead atoms. The number of benzene rings is 14. The van der Waals surface area contributed by atoms with Crippen molar-refractivity contribution < 1.29 is 17.8 Å². The monoisotopic (exact) mass is 1250 g/mol. The van der Waals surface area contributed by atoms with Gasteiger partial charge < -0.3 is 18.4 Å². The molecular formula is C92H67BN4. The summed E-state index contributed by atoms with van der Waals surface area (Å²) in [5.41, 5.74) is 15.8. The van der Waals surface area contributed by atoms with Gasteiger partial charge >= 0.3 is 0 Å². The number of rotatable bonds is 5. The molecule has 0 spiro atoms. The fourth-order valence-electron chi connectivity index (χ4n) is 16.4. The van der Waals surface area contributed by atoms with Crippen LogP contribution in [0.5, 0.6) is 0 Å². The Balaban J connectivity index is 1.09. The van der Waals surface area contributed by atoms with Crippen molar-refractivity contribution in [3.8, 4) is 44.8 Å². The van der Waals surface area contributed by atoms with Gasteiger partial charge in [-0.3, -0.25) is 0 Å². The minimum Gasteiger partial charge on any atom is -0.310 e. The van der Waals surface area contributed by atoms with E-state index in [9.17, 15) is 13.7 Å². The second-order valence-electron chi connectivity index (χ2n) is 28.2. The van der Waals surface area contributed by atoms with Crippen LogP contribution in [0.1, 0.15) is 70.5 Å². The van der Waals surface area contributed by atoms with Gasteiger partial charge in [-0.15, -0.1) is 0 Å². The summed E-state index contributed by atoms with van der Waals surface area (Å²) in [5, 5.41) is 9.63. The molecule has 4 nitrogen and oxygen atoms in total. The molecule has 0 unspecified atom stereocenters. The fourth-order valence-corrected chi connectivity index (χ4v) is 16.4. The second-order valence-corrected chi connectivity index (χ2v) is 28.2. The van der Waals surface area contributed by atoms with Crippen molar-refractivity contribution >= 4 is 143 Å². The van der Waals surface area contributed by atoms with E-state index in [1.807, 2.05) is 36.4 Å². The zero-order chi connectivity index (χ0) is 76.1. The molecule has 2 aliphatic heterocycles. The summed E-state index contributed by atoms with van der Waals surface area (Å²) in [5.74, 6) is 0. The molecule has 18 aromatic rings. The molecule has 6 heterocycles. The Labute approximate surface area is 582 Å². The Morgan fingerprint density at radius 3 is 1.54 bits per heavy atom. The van der Waals surface area contributed by atoms with Crippen molar-refractivity contribution in [2.45, 2.75) is 52.4 Å². The van der Waals surface area contributed by atoms with E-state index >= 15 is 0 Å². The summed E-state index contributed by atoms with van der Waals surface area (Å²) >= 11 is 0. The van der Waals surface area contributed by atoms with E-state index in [-0.39, 0.29) is 44.9 Å². The highest BCUT2D eigenvalue weighted by Crippen LogP contribution is 2.55. The summed E-state index contributed by atoms with van der Waals surface area (Å²) in [6.45, 7) is 12.5. The van der Waals surface area contributed by atoms with Crippen LogP contribution in [0.15, 0.2) is 297 Å². The molecular weight excluding hydrogens is 1170 g/mol. The molecule has 14 aromatic carbocycles. The van der Waals surface area contributed by atoms with Gasteiger partial charge in [0.1, 0.15) is 0 Å². The maximum atomic E-state index is 9.92. The first kappa shape index (κ1) is 44.1. The zero-order valence-corrected chi connectivity index (χ0v) is 54.2. The molecule has 0 saturated carbocycles. The van der Waals surface area contributed by atoms with Gasteiger partial charge in [-0.2, -0.15) is 0 Å². The third-order valence-corrected chi connectivity index (χ3v) is 20.8. The number of hydrogen-bond acceptors (Lipinski definition) is 1. The highest BCUT2D eigenvalue weighted by atomic mass is 15.2. The Bertz CT molecular complexity index is 7120. The van der Waals surface area contributed by atoms with Crippen molar-refractivity contribution in [1.29, 1.82) is 0 Å². The molecule has 4 aromatic heterocycles. The summed E-state index contributed by atoms with van der Waals surface area (Å²) in [6.07, 6.45) is 0. The van der Waals surface area contributed by atoms with Gasteiger partial charge in [0.25, 0.3) is 6.71 Å². The van der Waals surface area contributed by atoms with Gasteiger partial charge in [0.05, 0.1) is 62.3 Å². The normalized spacial score (nSPS) is 14.9. The number of anilines is 3. The van der Waals surface area contributed by atoms with E-state index in [0.717, 1.165) is 148 Å². The van der Waals surface area contributed by atoms with Crippen molar-refractivity contribution in [1.82, 2.24) is 13.5 Å². The molecule has 2 aliphatic rings. The SMILES string of the molecule is [2H]c1c([2H])c([2H])c(-c2ccc3c(c2)N(c2c(-c4ccccc4)cc(C(C)(C)C)cc2-c2ccccc2)c2c4c(cc5c2c2cccc6c7ccccc7c7ccccc7c7ccccc7n5c62)-n2c5ccc(C(C)(C)C)cc5c5cc(-n6c7c([2H])c([2H])c([2H])c([2H])c7c7c([2H])c([2H])c([2H])c([2H])c76)cc(c52)B34)c([2H])c1[2H]. The maximum absolute atomic E-state index is 9.92. The standard InChI is InChI=1S/C92H67BN4/c1-91(2,3)60-46-48-81-74(50-60)75-53-62(94-78-42-23-21-38-68(78)69-39-22-24-43-79(69)94)54-77-89(75)96(81)84-55-83-85(71-41-26-40-70-66-36-19-17-34-64(66)63-33-16-18-35-65(63)67-37-20-25-44-80(67)95(83)87(70)71)90-86(84)93(77)76-47-45-59(56-27-10-7-11-28-56)49-82(76)97(90)88-72(57-29-12-8-13-30-57)51-61(92(4,5)6)52-73(88)58-31-14-9-15-32-58/h7-55H,1-6H3/i7D,10D,11D,21D,22D,23D,24D,27D,28D,38D,39D,42D,43D. The molecule has 5 heteroatoms. The van der Waals surface area contributed by atoms with Crippen LogP contribution >= 0.6 is 0 Å². The quantitative estimate of drug-likeness (QED) is 0.157. The van der Waals surface area contributed by atoms with Crippen molar-refractivity contribution in [2.24, 2.45) is 0 Å². The van der Waals surface area contributed by atoms with Gasteiger partial charge in [-0.1, -0.05) is 272 Å². The highest BCUT2D eigenvalue weighted by molar-refractivity contribution is 7.00. The lowest BCUT2D eigenvalue weighted by Crippen LogP contribution is -2.60. The third-order valence-electron chi connectivity index (χ3n) is 20.8. The average Bonchev–Trinajstić information content (AvgIpc) is 1.40. The second kappa shape index (κ2) is 20.4. The fraction of sp³-hybridized carbons (Fsp3) is 0.0870. The van der Waals surface area contributed by atoms with E-state index in [0.29, 0.717) is 16.9 Å². The lowest BCUT2D eigenvalue weighted by Gasteiger charge is -2.43. The predicted octanol–water partition coefficient (Wildman–Crippen LogP) is 22.7. The van der Waals surface area contributed by atoms with E-state index in [2.05, 4.69) is 237 Å². The van der Waals surface area contributed by atoms with Crippen LogP contribution in [0.25, 0.3) is 148 Å². The Kier molecular flexibility index (Phi) is 9.29. The lowest BCUT2D eigenvalue weighted by molar-refractivity contribution is 0.590. The van der Waals surface area contributed by atoms with Crippen molar-refractivity contribution in [3.05, 3.63) is 308 Å². The molecule has 0 fully saturated rings. The Morgan fingerprint density at radius 1 is 0.320 bits per heavy atom. The van der Waals surface area contributed by atoms with E-state index in [4.69, 9.17) is 4.11 Å². The minimum atomic E-state index is -0.781. The first-order valence-corrected chi connectivity index (χ1v) is 33.2. The Hall–Kier alpha value is -11.7. The molecule has 20 rings (SSSR count). The molecule has 458 valence electrons. The molecule has 0 N–H and O–H groups in total. The number of aromatic nitrogens is 3. The number of para-hydroxylation sites is 4. The molecule has 0 amide bonds. The summed E-state index contributed by atoms with van der Waals surface area (Å²) < 4.78 is 129. The summed E-state index contributed by atoms with van der Waals surface area (Å²) in [6, 6.07) is 71.1. The van der Waals surface area contributed by atoms with Crippen LogP contribution in [0.4, 0.5) is 17.1 Å². The zero-order valence-electron chi connectivity index (χ0n) is 67.2. The first-order chi connectivity index (χ1) is 52.8. The minimum absolute atomic E-state index is 0.0115.